The van der Waals surface area contributed by atoms with Crippen molar-refractivity contribution >= 4 is 5.97 Å². The standard InChI is InChI=1S/C6H10O5/c7-2-1-3-4(8)5(9)6(10)11-3/h3-5,7-9H,1-2H2/t3?,4-,5-/m1/s1. The SMILES string of the molecule is O=C1OC(CCO)[C@@H](O)[C@H]1O. The Morgan fingerprint density at radius 3 is 2.45 bits per heavy atom. The lowest BCUT2D eigenvalue weighted by molar-refractivity contribution is -0.147. The molecule has 1 aliphatic rings. The molecule has 0 amide bonds. The molecule has 11 heavy (non-hydrogen) atoms. The van der Waals surface area contributed by atoms with E-state index in [1.165, 1.54) is 0 Å². The third-order valence-corrected chi connectivity index (χ3v) is 1.63. The van der Waals surface area contributed by atoms with Gasteiger partial charge in [0.25, 0.3) is 0 Å². The second-order valence-electron chi connectivity index (χ2n) is 2.42. The van der Waals surface area contributed by atoms with Crippen LogP contribution in [0.1, 0.15) is 6.42 Å². The molecule has 0 aromatic carbocycles. The average Bonchev–Trinajstić information content (AvgIpc) is 2.19. The van der Waals surface area contributed by atoms with Crippen LogP contribution in [0.3, 0.4) is 0 Å². The van der Waals surface area contributed by atoms with E-state index in [-0.39, 0.29) is 13.0 Å². The Balaban J connectivity index is 2.52. The smallest absolute Gasteiger partial charge is 0.338 e. The zero-order chi connectivity index (χ0) is 8.43. The molecular formula is C6H10O5. The Hall–Kier alpha value is -0.650. The van der Waals surface area contributed by atoms with E-state index < -0.39 is 24.3 Å². The summed E-state index contributed by atoms with van der Waals surface area (Å²) in [5.74, 6) is -0.823. The number of hydrogen-bond acceptors (Lipinski definition) is 5. The molecule has 1 aliphatic heterocycles. The van der Waals surface area contributed by atoms with Crippen molar-refractivity contribution in [3.63, 3.8) is 0 Å². The van der Waals surface area contributed by atoms with Gasteiger partial charge >= 0.3 is 5.97 Å². The average molecular weight is 162 g/mol. The summed E-state index contributed by atoms with van der Waals surface area (Å²) in [4.78, 5) is 10.6. The Kier molecular flexibility index (Phi) is 2.43. The molecular weight excluding hydrogens is 152 g/mol. The molecule has 1 fully saturated rings. The highest BCUT2D eigenvalue weighted by Gasteiger charge is 2.41. The minimum absolute atomic E-state index is 0.157. The second-order valence-corrected chi connectivity index (χ2v) is 2.42. The fourth-order valence-electron chi connectivity index (χ4n) is 0.988. The molecule has 0 spiro atoms. The van der Waals surface area contributed by atoms with Crippen LogP contribution in [0.5, 0.6) is 0 Å². The predicted molar refractivity (Wildman–Crippen MR) is 33.6 cm³/mol. The van der Waals surface area contributed by atoms with Crippen LogP contribution >= 0.6 is 0 Å². The quantitative estimate of drug-likeness (QED) is 0.409. The summed E-state index contributed by atoms with van der Waals surface area (Å²) in [5.41, 5.74) is 0. The van der Waals surface area contributed by atoms with E-state index in [9.17, 15) is 4.79 Å². The first-order valence-corrected chi connectivity index (χ1v) is 3.34. The van der Waals surface area contributed by atoms with Gasteiger partial charge in [-0.25, -0.2) is 4.79 Å². The van der Waals surface area contributed by atoms with E-state index in [1.54, 1.807) is 0 Å². The highest BCUT2D eigenvalue weighted by molar-refractivity contribution is 5.77. The maximum atomic E-state index is 10.6. The molecule has 5 heteroatoms. The summed E-state index contributed by atoms with van der Waals surface area (Å²) in [6.45, 7) is -0.179. The molecule has 0 aliphatic carbocycles. The van der Waals surface area contributed by atoms with Crippen LogP contribution in [-0.2, 0) is 9.53 Å². The first kappa shape index (κ1) is 8.45. The molecule has 3 atom stereocenters. The van der Waals surface area contributed by atoms with Gasteiger partial charge in [-0.3, -0.25) is 0 Å². The molecule has 0 bridgehead atoms. The van der Waals surface area contributed by atoms with Gasteiger partial charge in [0.2, 0.25) is 0 Å². The molecule has 5 nitrogen and oxygen atoms in total. The van der Waals surface area contributed by atoms with E-state index in [0.29, 0.717) is 0 Å². The first-order chi connectivity index (χ1) is 5.16. The van der Waals surface area contributed by atoms with Crippen molar-refractivity contribution in [1.82, 2.24) is 0 Å². The summed E-state index contributed by atoms with van der Waals surface area (Å²) < 4.78 is 4.53. The van der Waals surface area contributed by atoms with Crippen LogP contribution in [0.4, 0.5) is 0 Å². The fraction of sp³-hybridized carbons (Fsp3) is 0.833. The maximum absolute atomic E-state index is 10.6. The number of cyclic esters (lactones) is 1. The summed E-state index contributed by atoms with van der Waals surface area (Å²) in [5, 5.41) is 26.3. The van der Waals surface area contributed by atoms with Gasteiger partial charge in [0.15, 0.2) is 6.10 Å². The van der Waals surface area contributed by atoms with Gasteiger partial charge in [-0.1, -0.05) is 0 Å². The predicted octanol–water partition coefficient (Wildman–Crippen LogP) is -1.98. The minimum Gasteiger partial charge on any atom is -0.457 e. The molecule has 0 aromatic heterocycles. The summed E-state index contributed by atoms with van der Waals surface area (Å²) in [6, 6.07) is 0. The first-order valence-electron chi connectivity index (χ1n) is 3.34. The van der Waals surface area contributed by atoms with Crippen LogP contribution in [0.15, 0.2) is 0 Å². The topological polar surface area (TPSA) is 87.0 Å². The summed E-state index contributed by atoms with van der Waals surface area (Å²) >= 11 is 0. The highest BCUT2D eigenvalue weighted by atomic mass is 16.6. The lowest BCUT2D eigenvalue weighted by Crippen LogP contribution is -2.31. The number of hydrogen-bond donors (Lipinski definition) is 3. The third kappa shape index (κ3) is 1.50. The Bertz CT molecular complexity index is 157. The van der Waals surface area contributed by atoms with Gasteiger partial charge in [0, 0.05) is 13.0 Å². The molecule has 0 radical (unpaired) electrons. The molecule has 1 unspecified atom stereocenters. The highest BCUT2D eigenvalue weighted by Crippen LogP contribution is 2.17. The van der Waals surface area contributed by atoms with Crippen LogP contribution in [0.2, 0.25) is 0 Å². The van der Waals surface area contributed by atoms with Crippen molar-refractivity contribution in [2.45, 2.75) is 24.7 Å². The van der Waals surface area contributed by atoms with Crippen molar-refractivity contribution in [2.24, 2.45) is 0 Å². The van der Waals surface area contributed by atoms with Gasteiger partial charge in [-0.15, -0.1) is 0 Å². The van der Waals surface area contributed by atoms with Gasteiger partial charge in [0.05, 0.1) is 0 Å². The Labute approximate surface area is 63.2 Å². The fourth-order valence-corrected chi connectivity index (χ4v) is 0.988. The van der Waals surface area contributed by atoms with Gasteiger partial charge < -0.3 is 20.1 Å². The van der Waals surface area contributed by atoms with Crippen molar-refractivity contribution in [3.8, 4) is 0 Å². The van der Waals surface area contributed by atoms with E-state index in [0.717, 1.165) is 0 Å². The maximum Gasteiger partial charge on any atom is 0.338 e. The van der Waals surface area contributed by atoms with E-state index in [4.69, 9.17) is 15.3 Å². The van der Waals surface area contributed by atoms with Crippen molar-refractivity contribution in [3.05, 3.63) is 0 Å². The largest absolute Gasteiger partial charge is 0.457 e. The number of carbonyl (C=O) groups excluding carboxylic acids is 1. The zero-order valence-corrected chi connectivity index (χ0v) is 5.80. The zero-order valence-electron chi connectivity index (χ0n) is 5.80. The number of aliphatic hydroxyl groups is 3. The normalized spacial score (nSPS) is 37.4. The second kappa shape index (κ2) is 3.17. The third-order valence-electron chi connectivity index (χ3n) is 1.63. The minimum atomic E-state index is -1.45. The molecule has 0 saturated carbocycles. The molecule has 1 heterocycles. The van der Waals surface area contributed by atoms with Crippen molar-refractivity contribution in [1.29, 1.82) is 0 Å². The Morgan fingerprint density at radius 2 is 2.09 bits per heavy atom. The molecule has 0 aromatic rings. The molecule has 64 valence electrons. The van der Waals surface area contributed by atoms with Crippen LogP contribution < -0.4 is 0 Å². The molecule has 1 rings (SSSR count). The lowest BCUT2D eigenvalue weighted by atomic mass is 10.1. The van der Waals surface area contributed by atoms with Crippen LogP contribution in [0, 0.1) is 0 Å². The van der Waals surface area contributed by atoms with E-state index >= 15 is 0 Å². The van der Waals surface area contributed by atoms with Gasteiger partial charge in [0.1, 0.15) is 12.2 Å². The van der Waals surface area contributed by atoms with Crippen molar-refractivity contribution < 1.29 is 24.9 Å². The number of aliphatic hydroxyl groups excluding tert-OH is 3. The molecule has 3 N–H and O–H groups in total. The molecule has 1 saturated heterocycles. The van der Waals surface area contributed by atoms with Gasteiger partial charge in [-0.2, -0.15) is 0 Å². The van der Waals surface area contributed by atoms with E-state index in [1.807, 2.05) is 0 Å². The number of ether oxygens (including phenoxy) is 1. The Morgan fingerprint density at radius 1 is 1.45 bits per heavy atom. The number of carbonyl (C=O) groups is 1. The van der Waals surface area contributed by atoms with Crippen LogP contribution in [-0.4, -0.2) is 46.2 Å². The van der Waals surface area contributed by atoms with Crippen molar-refractivity contribution in [2.75, 3.05) is 6.61 Å². The lowest BCUT2D eigenvalue weighted by Gasteiger charge is -2.10. The monoisotopic (exact) mass is 162 g/mol. The number of esters is 1. The summed E-state index contributed by atoms with van der Waals surface area (Å²) in [6.07, 6.45) is -3.26. The van der Waals surface area contributed by atoms with Crippen LogP contribution in [0.25, 0.3) is 0 Å². The van der Waals surface area contributed by atoms with Gasteiger partial charge in [-0.05, 0) is 0 Å². The number of rotatable bonds is 2. The summed E-state index contributed by atoms with van der Waals surface area (Å²) in [7, 11) is 0. The van der Waals surface area contributed by atoms with E-state index in [2.05, 4.69) is 4.74 Å².